The topological polar surface area (TPSA) is 115 Å². The average Bonchev–Trinajstić information content (AvgIpc) is 2.02. The summed E-state index contributed by atoms with van der Waals surface area (Å²) < 4.78 is 0. The minimum absolute atomic E-state index is 0.112. The third-order valence-electron chi connectivity index (χ3n) is 0.464. The fourth-order valence-corrected chi connectivity index (χ4v) is 0.233. The number of carbonyl (C=O) groups is 2. The summed E-state index contributed by atoms with van der Waals surface area (Å²) in [5, 5.41) is 31.4. The molecule has 0 saturated heterocycles. The molecule has 0 aromatic carbocycles. The molecule has 0 saturated carbocycles. The summed E-state index contributed by atoms with van der Waals surface area (Å²) in [6, 6.07) is 0. The lowest BCUT2D eigenvalue weighted by molar-refractivity contribution is -0.135. The van der Waals surface area contributed by atoms with Crippen LogP contribution in [0.3, 0.4) is 0 Å². The van der Waals surface area contributed by atoms with E-state index in [0.717, 1.165) is 13.8 Å². The van der Waals surface area contributed by atoms with E-state index in [1.807, 2.05) is 0 Å². The van der Waals surface area contributed by atoms with Gasteiger partial charge in [0.2, 0.25) is 0 Å². The first-order chi connectivity index (χ1) is 6.77. The fourth-order valence-electron chi connectivity index (χ4n) is 0.164. The molecule has 0 spiro atoms. The van der Waals surface area contributed by atoms with Crippen LogP contribution in [0.5, 0.6) is 0 Å². The van der Waals surface area contributed by atoms with Crippen LogP contribution >= 0.6 is 11.6 Å². The molecule has 0 aliphatic heterocycles. The molecule has 6 nitrogen and oxygen atoms in total. The number of aliphatic carboxylic acids is 2. The first kappa shape index (κ1) is 19.5. The van der Waals surface area contributed by atoms with Gasteiger partial charge in [0.15, 0.2) is 0 Å². The Balaban J connectivity index is -0.000000155. The van der Waals surface area contributed by atoms with Crippen molar-refractivity contribution in [3.05, 3.63) is 11.1 Å². The molecule has 7 heteroatoms. The van der Waals surface area contributed by atoms with Crippen molar-refractivity contribution in [3.8, 4) is 0 Å². The third kappa shape index (κ3) is 101. The van der Waals surface area contributed by atoms with Crippen LogP contribution in [0.25, 0.3) is 0 Å². The van der Waals surface area contributed by atoms with Crippen molar-refractivity contribution in [1.82, 2.24) is 0 Å². The summed E-state index contributed by atoms with van der Waals surface area (Å²) >= 11 is 5.22. The number of aliphatic hydroxyl groups excluding tert-OH is 2. The van der Waals surface area contributed by atoms with E-state index in [0.29, 0.717) is 0 Å². The van der Waals surface area contributed by atoms with Gasteiger partial charge in [0.25, 0.3) is 11.9 Å². The van der Waals surface area contributed by atoms with E-state index in [9.17, 15) is 0 Å². The molecule has 0 amide bonds. The number of rotatable bonds is 2. The highest BCUT2D eigenvalue weighted by Gasteiger charge is 1.82. The summed E-state index contributed by atoms with van der Waals surface area (Å²) in [4.78, 5) is 18.0. The van der Waals surface area contributed by atoms with Crippen molar-refractivity contribution >= 4 is 23.5 Å². The van der Waals surface area contributed by atoms with Gasteiger partial charge in [-0.1, -0.05) is 11.6 Å². The van der Waals surface area contributed by atoms with Crippen molar-refractivity contribution in [2.45, 2.75) is 13.8 Å². The molecule has 15 heavy (non-hydrogen) atoms. The minimum atomic E-state index is -0.833. The standard InChI is InChI=1S/C4H7ClO2.2C2H4O2/c5-4(3-7)1-2-6;2*1-2(3)4/h1,6-7H,2-3H2;2*1H3,(H,3,4). The Morgan fingerprint density at radius 2 is 1.40 bits per heavy atom. The van der Waals surface area contributed by atoms with E-state index in [1.165, 1.54) is 6.08 Å². The van der Waals surface area contributed by atoms with Crippen LogP contribution < -0.4 is 0 Å². The van der Waals surface area contributed by atoms with Crippen molar-refractivity contribution in [1.29, 1.82) is 0 Å². The van der Waals surface area contributed by atoms with Gasteiger partial charge in [0, 0.05) is 18.9 Å². The zero-order valence-corrected chi connectivity index (χ0v) is 9.23. The van der Waals surface area contributed by atoms with Crippen molar-refractivity contribution in [3.63, 3.8) is 0 Å². The van der Waals surface area contributed by atoms with Crippen LogP contribution in [-0.2, 0) is 9.59 Å². The van der Waals surface area contributed by atoms with Gasteiger partial charge >= 0.3 is 0 Å². The first-order valence-electron chi connectivity index (χ1n) is 3.73. The summed E-state index contributed by atoms with van der Waals surface area (Å²) in [7, 11) is 0. The summed E-state index contributed by atoms with van der Waals surface area (Å²) in [5.74, 6) is -1.67. The predicted octanol–water partition coefficient (Wildman–Crippen LogP) is 0.275. The van der Waals surface area contributed by atoms with Gasteiger partial charge in [-0.05, 0) is 6.08 Å². The molecular weight excluding hydrogens is 228 g/mol. The quantitative estimate of drug-likeness (QED) is 0.553. The van der Waals surface area contributed by atoms with E-state index < -0.39 is 11.9 Å². The second-order valence-electron chi connectivity index (χ2n) is 2.03. The number of carboxylic acid groups (broad SMARTS) is 2. The van der Waals surface area contributed by atoms with E-state index >= 15 is 0 Å². The Kier molecular flexibility index (Phi) is 19.9. The van der Waals surface area contributed by atoms with Gasteiger partial charge in [0.05, 0.1) is 13.2 Å². The molecule has 0 aliphatic carbocycles. The molecule has 0 radical (unpaired) electrons. The molecule has 90 valence electrons. The molecule has 0 bridgehead atoms. The van der Waals surface area contributed by atoms with Crippen molar-refractivity contribution in [2.75, 3.05) is 13.2 Å². The first-order valence-corrected chi connectivity index (χ1v) is 4.11. The minimum Gasteiger partial charge on any atom is -0.481 e. The van der Waals surface area contributed by atoms with Crippen LogP contribution in [0.2, 0.25) is 0 Å². The largest absolute Gasteiger partial charge is 0.481 e. The highest BCUT2D eigenvalue weighted by atomic mass is 35.5. The molecule has 0 aliphatic rings. The Morgan fingerprint density at radius 3 is 1.47 bits per heavy atom. The number of hydrogen-bond acceptors (Lipinski definition) is 4. The average molecular weight is 243 g/mol. The monoisotopic (exact) mass is 242 g/mol. The van der Waals surface area contributed by atoms with E-state index in [4.69, 9.17) is 41.6 Å². The maximum absolute atomic E-state index is 9.00. The lowest BCUT2D eigenvalue weighted by atomic mass is 10.5. The van der Waals surface area contributed by atoms with Crippen LogP contribution in [0.15, 0.2) is 11.1 Å². The van der Waals surface area contributed by atoms with Crippen LogP contribution in [0.1, 0.15) is 13.8 Å². The molecule has 4 N–H and O–H groups in total. The smallest absolute Gasteiger partial charge is 0.300 e. The Morgan fingerprint density at radius 1 is 1.13 bits per heavy atom. The normalized spacial score (nSPS) is 9.00. The maximum atomic E-state index is 9.00. The summed E-state index contributed by atoms with van der Waals surface area (Å²) in [6.45, 7) is 1.86. The Bertz CT molecular complexity index is 181. The SMILES string of the molecule is CC(=O)O.CC(=O)O.OCC=C(Cl)CO. The van der Waals surface area contributed by atoms with Gasteiger partial charge < -0.3 is 20.4 Å². The zero-order chi connectivity index (χ0) is 12.9. The molecule has 0 rings (SSSR count). The molecule has 0 atom stereocenters. The number of aliphatic hydroxyl groups is 2. The third-order valence-corrected chi connectivity index (χ3v) is 0.738. The van der Waals surface area contributed by atoms with Crippen molar-refractivity contribution in [2.24, 2.45) is 0 Å². The number of hydrogen-bond donors (Lipinski definition) is 4. The molecule has 0 heterocycles. The second-order valence-corrected chi connectivity index (χ2v) is 2.52. The molecule has 0 fully saturated rings. The van der Waals surface area contributed by atoms with Gasteiger partial charge in [-0.25, -0.2) is 0 Å². The van der Waals surface area contributed by atoms with Gasteiger partial charge in [0.1, 0.15) is 0 Å². The molecule has 0 unspecified atom stereocenters. The number of halogens is 1. The van der Waals surface area contributed by atoms with Crippen LogP contribution in [-0.4, -0.2) is 45.6 Å². The van der Waals surface area contributed by atoms with Crippen molar-refractivity contribution < 1.29 is 30.0 Å². The van der Waals surface area contributed by atoms with Gasteiger partial charge in [-0.3, -0.25) is 9.59 Å². The molecular formula is C8H15ClO6. The second kappa shape index (κ2) is 15.4. The van der Waals surface area contributed by atoms with Crippen LogP contribution in [0.4, 0.5) is 0 Å². The summed E-state index contributed by atoms with van der Waals surface area (Å²) in [6.07, 6.45) is 1.33. The lowest BCUT2D eigenvalue weighted by Gasteiger charge is -1.84. The van der Waals surface area contributed by atoms with Gasteiger partial charge in [-0.2, -0.15) is 0 Å². The van der Waals surface area contributed by atoms with Crippen LogP contribution in [0, 0.1) is 0 Å². The number of carboxylic acids is 2. The van der Waals surface area contributed by atoms with E-state index in [2.05, 4.69) is 0 Å². The molecule has 0 aromatic rings. The summed E-state index contributed by atoms with van der Waals surface area (Å²) in [5.41, 5.74) is 0. The maximum Gasteiger partial charge on any atom is 0.300 e. The van der Waals surface area contributed by atoms with Gasteiger partial charge in [-0.15, -0.1) is 0 Å². The molecule has 0 aromatic heterocycles. The Labute approximate surface area is 92.4 Å². The Hall–Kier alpha value is -1.11. The fraction of sp³-hybridized carbons (Fsp3) is 0.500. The predicted molar refractivity (Wildman–Crippen MR) is 54.7 cm³/mol. The highest BCUT2D eigenvalue weighted by Crippen LogP contribution is 1.95. The van der Waals surface area contributed by atoms with E-state index in [-0.39, 0.29) is 18.2 Å². The highest BCUT2D eigenvalue weighted by molar-refractivity contribution is 6.29. The van der Waals surface area contributed by atoms with E-state index in [1.54, 1.807) is 0 Å². The zero-order valence-electron chi connectivity index (χ0n) is 8.47. The lowest BCUT2D eigenvalue weighted by Crippen LogP contribution is -1.82.